The first-order valence-electron chi connectivity index (χ1n) is 7.38. The molecule has 0 atom stereocenters. The van der Waals surface area contributed by atoms with Crippen molar-refractivity contribution in [3.8, 4) is 17.0 Å². The van der Waals surface area contributed by atoms with Crippen LogP contribution in [0.5, 0.6) is 5.75 Å². The topological polar surface area (TPSA) is 56.1 Å². The first-order chi connectivity index (χ1) is 11.3. The van der Waals surface area contributed by atoms with Crippen molar-refractivity contribution < 1.29 is 9.53 Å². The Bertz CT molecular complexity index is 754. The van der Waals surface area contributed by atoms with E-state index in [4.69, 9.17) is 4.74 Å². The van der Waals surface area contributed by atoms with Gasteiger partial charge < -0.3 is 10.1 Å². The van der Waals surface area contributed by atoms with Gasteiger partial charge in [0.2, 0.25) is 0 Å². The molecule has 2 aromatic carbocycles. The predicted octanol–water partition coefficient (Wildman–Crippen LogP) is 3.19. The summed E-state index contributed by atoms with van der Waals surface area (Å²) >= 11 is 0. The maximum atomic E-state index is 12.1. The fourth-order valence-corrected chi connectivity index (χ4v) is 2.13. The van der Waals surface area contributed by atoms with Crippen molar-refractivity contribution in [3.63, 3.8) is 0 Å². The third-order valence-corrected chi connectivity index (χ3v) is 3.28. The number of aromatic nitrogens is 2. The molecule has 1 amide bonds. The van der Waals surface area contributed by atoms with Crippen molar-refractivity contribution in [2.75, 3.05) is 13.2 Å². The summed E-state index contributed by atoms with van der Waals surface area (Å²) < 4.78 is 6.96. The van der Waals surface area contributed by atoms with Crippen LogP contribution in [-0.2, 0) is 0 Å². The standard InChI is InChI=1S/C18H17N3O2/c22-18(19-11-12-23-16-9-5-2-6-10-16)21-13-17(20-14-21)15-7-3-1-4-8-15/h1-10,13-14H,11-12H2,(H,19,22). The Morgan fingerprint density at radius 1 is 1.04 bits per heavy atom. The van der Waals surface area contributed by atoms with Crippen molar-refractivity contribution in [2.24, 2.45) is 0 Å². The molecule has 0 aliphatic rings. The number of carbonyl (C=O) groups is 1. The van der Waals surface area contributed by atoms with E-state index in [1.807, 2.05) is 60.7 Å². The third-order valence-electron chi connectivity index (χ3n) is 3.28. The number of nitrogens with zero attached hydrogens (tertiary/aromatic N) is 2. The highest BCUT2D eigenvalue weighted by Gasteiger charge is 2.07. The van der Waals surface area contributed by atoms with E-state index in [1.54, 1.807) is 6.20 Å². The van der Waals surface area contributed by atoms with Crippen LogP contribution in [0.1, 0.15) is 0 Å². The van der Waals surface area contributed by atoms with Gasteiger partial charge in [0.15, 0.2) is 0 Å². The highest BCUT2D eigenvalue weighted by atomic mass is 16.5. The summed E-state index contributed by atoms with van der Waals surface area (Å²) in [5.74, 6) is 0.788. The highest BCUT2D eigenvalue weighted by Crippen LogP contribution is 2.15. The number of amides is 1. The first kappa shape index (κ1) is 14.8. The summed E-state index contributed by atoms with van der Waals surface area (Å²) in [5.41, 5.74) is 1.74. The van der Waals surface area contributed by atoms with Crippen molar-refractivity contribution in [1.82, 2.24) is 14.9 Å². The number of para-hydroxylation sites is 1. The number of benzene rings is 2. The Morgan fingerprint density at radius 2 is 1.74 bits per heavy atom. The van der Waals surface area contributed by atoms with Gasteiger partial charge in [-0.3, -0.25) is 4.57 Å². The maximum absolute atomic E-state index is 12.1. The highest BCUT2D eigenvalue weighted by molar-refractivity contribution is 5.77. The SMILES string of the molecule is O=C(NCCOc1ccccc1)n1cnc(-c2ccccc2)c1. The van der Waals surface area contributed by atoms with Gasteiger partial charge in [0.25, 0.3) is 0 Å². The zero-order valence-corrected chi connectivity index (χ0v) is 12.6. The molecule has 23 heavy (non-hydrogen) atoms. The van der Waals surface area contributed by atoms with Gasteiger partial charge in [-0.05, 0) is 12.1 Å². The number of hydrogen-bond acceptors (Lipinski definition) is 3. The predicted molar refractivity (Wildman–Crippen MR) is 88.4 cm³/mol. The number of imidazole rings is 1. The molecule has 1 heterocycles. The molecule has 0 spiro atoms. The molecular weight excluding hydrogens is 290 g/mol. The number of carbonyl (C=O) groups excluding carboxylic acids is 1. The van der Waals surface area contributed by atoms with Crippen LogP contribution in [0.15, 0.2) is 73.2 Å². The molecule has 0 saturated carbocycles. The quantitative estimate of drug-likeness (QED) is 0.737. The molecule has 116 valence electrons. The lowest BCUT2D eigenvalue weighted by atomic mass is 10.2. The summed E-state index contributed by atoms with van der Waals surface area (Å²) in [7, 11) is 0. The molecule has 5 nitrogen and oxygen atoms in total. The molecule has 0 fully saturated rings. The summed E-state index contributed by atoms with van der Waals surface area (Å²) in [6, 6.07) is 19.0. The average Bonchev–Trinajstić information content (AvgIpc) is 3.10. The van der Waals surface area contributed by atoms with Crippen LogP contribution in [0.4, 0.5) is 4.79 Å². The lowest BCUT2D eigenvalue weighted by Gasteiger charge is -2.07. The van der Waals surface area contributed by atoms with E-state index in [9.17, 15) is 4.79 Å². The molecule has 0 bridgehead atoms. The van der Waals surface area contributed by atoms with Crippen LogP contribution in [-0.4, -0.2) is 28.7 Å². The Morgan fingerprint density at radius 3 is 2.48 bits per heavy atom. The van der Waals surface area contributed by atoms with Gasteiger partial charge >= 0.3 is 6.03 Å². The second-order valence-electron chi connectivity index (χ2n) is 4.93. The molecule has 0 aliphatic heterocycles. The summed E-state index contributed by atoms with van der Waals surface area (Å²) in [6.07, 6.45) is 3.22. The Labute approximate surface area is 134 Å². The molecule has 3 aromatic rings. The van der Waals surface area contributed by atoms with Crippen LogP contribution in [0, 0.1) is 0 Å². The van der Waals surface area contributed by atoms with E-state index >= 15 is 0 Å². The Kier molecular flexibility index (Phi) is 4.69. The lowest BCUT2D eigenvalue weighted by Crippen LogP contribution is -2.31. The van der Waals surface area contributed by atoms with E-state index in [0.29, 0.717) is 13.2 Å². The summed E-state index contributed by atoms with van der Waals surface area (Å²) in [5, 5.41) is 2.79. The van der Waals surface area contributed by atoms with E-state index in [-0.39, 0.29) is 6.03 Å². The Hall–Kier alpha value is -3.08. The third kappa shape index (κ3) is 3.97. The van der Waals surface area contributed by atoms with Gasteiger partial charge in [-0.2, -0.15) is 0 Å². The van der Waals surface area contributed by atoms with E-state index in [2.05, 4.69) is 10.3 Å². The average molecular weight is 307 g/mol. The van der Waals surface area contributed by atoms with Crippen molar-refractivity contribution in [1.29, 1.82) is 0 Å². The monoisotopic (exact) mass is 307 g/mol. The van der Waals surface area contributed by atoms with Gasteiger partial charge in [0.1, 0.15) is 18.7 Å². The van der Waals surface area contributed by atoms with Gasteiger partial charge in [0, 0.05) is 11.8 Å². The minimum atomic E-state index is -0.226. The van der Waals surface area contributed by atoms with Gasteiger partial charge in [0.05, 0.1) is 12.2 Å². The number of hydrogen-bond donors (Lipinski definition) is 1. The van der Waals surface area contributed by atoms with E-state index in [1.165, 1.54) is 10.9 Å². The smallest absolute Gasteiger partial charge is 0.326 e. The lowest BCUT2D eigenvalue weighted by molar-refractivity contribution is 0.238. The zero-order valence-electron chi connectivity index (χ0n) is 12.6. The molecule has 0 radical (unpaired) electrons. The Balaban J connectivity index is 1.50. The fraction of sp³-hybridized carbons (Fsp3) is 0.111. The zero-order chi connectivity index (χ0) is 15.9. The van der Waals surface area contributed by atoms with Crippen molar-refractivity contribution >= 4 is 6.03 Å². The van der Waals surface area contributed by atoms with Crippen molar-refractivity contribution in [3.05, 3.63) is 73.2 Å². The fourth-order valence-electron chi connectivity index (χ4n) is 2.13. The second kappa shape index (κ2) is 7.26. The normalized spacial score (nSPS) is 10.3. The maximum Gasteiger partial charge on any atom is 0.326 e. The molecule has 1 aromatic heterocycles. The van der Waals surface area contributed by atoms with Crippen LogP contribution in [0.3, 0.4) is 0 Å². The summed E-state index contributed by atoms with van der Waals surface area (Å²) in [6.45, 7) is 0.836. The minimum absolute atomic E-state index is 0.226. The van der Waals surface area contributed by atoms with E-state index in [0.717, 1.165) is 17.0 Å². The largest absolute Gasteiger partial charge is 0.492 e. The molecule has 5 heteroatoms. The minimum Gasteiger partial charge on any atom is -0.492 e. The summed E-state index contributed by atoms with van der Waals surface area (Å²) in [4.78, 5) is 16.3. The molecule has 1 N–H and O–H groups in total. The number of ether oxygens (including phenoxy) is 1. The van der Waals surface area contributed by atoms with Gasteiger partial charge in [-0.15, -0.1) is 0 Å². The van der Waals surface area contributed by atoms with Crippen LogP contribution in [0.2, 0.25) is 0 Å². The number of nitrogens with one attached hydrogen (secondary N) is 1. The second-order valence-corrected chi connectivity index (χ2v) is 4.93. The first-order valence-corrected chi connectivity index (χ1v) is 7.38. The van der Waals surface area contributed by atoms with Gasteiger partial charge in [-0.25, -0.2) is 9.78 Å². The molecule has 0 saturated heterocycles. The van der Waals surface area contributed by atoms with Crippen LogP contribution in [0.25, 0.3) is 11.3 Å². The van der Waals surface area contributed by atoms with Gasteiger partial charge in [-0.1, -0.05) is 48.5 Å². The van der Waals surface area contributed by atoms with Crippen LogP contribution < -0.4 is 10.1 Å². The van der Waals surface area contributed by atoms with Crippen LogP contribution >= 0.6 is 0 Å². The van der Waals surface area contributed by atoms with Crippen molar-refractivity contribution in [2.45, 2.75) is 0 Å². The molecule has 0 aliphatic carbocycles. The molecule has 0 unspecified atom stereocenters. The molecular formula is C18H17N3O2. The molecule has 3 rings (SSSR count). The van der Waals surface area contributed by atoms with E-state index < -0.39 is 0 Å². The number of rotatable bonds is 5.